The number of nitrogens with one attached hydrogen (secondary N) is 1. The van der Waals surface area contributed by atoms with E-state index in [4.69, 9.17) is 5.73 Å². The Balaban J connectivity index is 2.24. The van der Waals surface area contributed by atoms with Gasteiger partial charge in [0.15, 0.2) is 0 Å². The molecule has 5 heteroatoms. The van der Waals surface area contributed by atoms with Gasteiger partial charge in [-0.15, -0.1) is 0 Å². The van der Waals surface area contributed by atoms with E-state index in [-0.39, 0.29) is 24.4 Å². The Morgan fingerprint density at radius 2 is 2.06 bits per heavy atom. The van der Waals surface area contributed by atoms with Crippen molar-refractivity contribution in [2.45, 2.75) is 38.1 Å². The van der Waals surface area contributed by atoms with Gasteiger partial charge in [0.25, 0.3) is 0 Å². The molecule has 5 nitrogen and oxygen atoms in total. The fourth-order valence-electron chi connectivity index (χ4n) is 2.04. The summed E-state index contributed by atoms with van der Waals surface area (Å²) in [5, 5.41) is 2.53. The molecule has 3 N–H and O–H groups in total. The molecule has 0 heterocycles. The van der Waals surface area contributed by atoms with E-state index < -0.39 is 5.97 Å². The predicted molar refractivity (Wildman–Crippen MR) is 59.6 cm³/mol. The van der Waals surface area contributed by atoms with Crippen LogP contribution in [0.1, 0.15) is 32.1 Å². The van der Waals surface area contributed by atoms with Gasteiger partial charge in [0.05, 0.1) is 7.11 Å². The number of rotatable bonds is 4. The monoisotopic (exact) mass is 228 g/mol. The highest BCUT2D eigenvalue weighted by molar-refractivity contribution is 5.81. The van der Waals surface area contributed by atoms with E-state index in [1.807, 2.05) is 0 Å². The van der Waals surface area contributed by atoms with Crippen molar-refractivity contribution >= 4 is 11.9 Å². The predicted octanol–water partition coefficient (Wildman–Crippen LogP) is 0.183. The molecule has 16 heavy (non-hydrogen) atoms. The van der Waals surface area contributed by atoms with Crippen molar-refractivity contribution < 1.29 is 14.3 Å². The van der Waals surface area contributed by atoms with Gasteiger partial charge in [0.1, 0.15) is 6.54 Å². The zero-order valence-corrected chi connectivity index (χ0v) is 9.70. The minimum atomic E-state index is -0.429. The average molecular weight is 228 g/mol. The van der Waals surface area contributed by atoms with Gasteiger partial charge >= 0.3 is 5.97 Å². The molecule has 0 aromatic rings. The van der Waals surface area contributed by atoms with Crippen molar-refractivity contribution in [1.82, 2.24) is 5.32 Å². The van der Waals surface area contributed by atoms with Gasteiger partial charge in [0, 0.05) is 12.5 Å². The minimum Gasteiger partial charge on any atom is -0.468 e. The highest BCUT2D eigenvalue weighted by Crippen LogP contribution is 2.25. The van der Waals surface area contributed by atoms with Gasteiger partial charge in [-0.3, -0.25) is 9.59 Å². The van der Waals surface area contributed by atoms with Crippen molar-refractivity contribution in [3.63, 3.8) is 0 Å². The molecule has 0 aromatic carbocycles. The van der Waals surface area contributed by atoms with E-state index in [1.54, 1.807) is 0 Å². The Morgan fingerprint density at radius 3 is 2.69 bits per heavy atom. The van der Waals surface area contributed by atoms with Crippen LogP contribution in [-0.2, 0) is 14.3 Å². The van der Waals surface area contributed by atoms with Gasteiger partial charge in [-0.1, -0.05) is 12.8 Å². The number of ether oxygens (including phenoxy) is 1. The molecule has 0 aliphatic heterocycles. The molecule has 0 saturated heterocycles. The molecular formula is C11H20N2O3. The Hall–Kier alpha value is -1.10. The third-order valence-electron chi connectivity index (χ3n) is 3.07. The number of hydrogen-bond acceptors (Lipinski definition) is 4. The van der Waals surface area contributed by atoms with Crippen LogP contribution in [0.15, 0.2) is 0 Å². The lowest BCUT2D eigenvalue weighted by molar-refractivity contribution is -0.141. The zero-order valence-electron chi connectivity index (χ0n) is 9.70. The Kier molecular flexibility index (Phi) is 5.25. The maximum atomic E-state index is 11.5. The second-order valence-corrected chi connectivity index (χ2v) is 4.27. The van der Waals surface area contributed by atoms with Gasteiger partial charge in [-0.25, -0.2) is 0 Å². The first-order valence-corrected chi connectivity index (χ1v) is 5.72. The summed E-state index contributed by atoms with van der Waals surface area (Å²) in [5.74, 6) is -0.291. The van der Waals surface area contributed by atoms with Crippen LogP contribution >= 0.6 is 0 Å². The second-order valence-electron chi connectivity index (χ2n) is 4.27. The van der Waals surface area contributed by atoms with Crippen LogP contribution in [0.25, 0.3) is 0 Å². The van der Waals surface area contributed by atoms with Crippen LogP contribution in [0, 0.1) is 5.92 Å². The lowest BCUT2D eigenvalue weighted by Gasteiger charge is -2.27. The normalized spacial score (nSPS) is 24.9. The Labute approximate surface area is 95.7 Å². The molecule has 1 aliphatic carbocycles. The SMILES string of the molecule is COC(=O)CNC(=O)CC1CCCCC1N. The first-order valence-electron chi connectivity index (χ1n) is 5.72. The number of nitrogens with two attached hydrogens (primary N) is 1. The smallest absolute Gasteiger partial charge is 0.325 e. The molecular weight excluding hydrogens is 208 g/mol. The first-order chi connectivity index (χ1) is 7.63. The molecule has 1 rings (SSSR count). The Bertz CT molecular complexity index is 256. The van der Waals surface area contributed by atoms with Crippen molar-refractivity contribution in [2.24, 2.45) is 11.7 Å². The molecule has 1 aliphatic rings. The fraction of sp³-hybridized carbons (Fsp3) is 0.818. The quantitative estimate of drug-likeness (QED) is 0.673. The lowest BCUT2D eigenvalue weighted by atomic mass is 9.83. The molecule has 0 spiro atoms. The van der Waals surface area contributed by atoms with Gasteiger partial charge in [-0.2, -0.15) is 0 Å². The minimum absolute atomic E-state index is 0.0582. The third-order valence-corrected chi connectivity index (χ3v) is 3.07. The number of methoxy groups -OCH3 is 1. The summed E-state index contributed by atoms with van der Waals surface area (Å²) >= 11 is 0. The summed E-state index contributed by atoms with van der Waals surface area (Å²) in [5.41, 5.74) is 5.94. The second kappa shape index (κ2) is 6.48. The highest BCUT2D eigenvalue weighted by atomic mass is 16.5. The van der Waals surface area contributed by atoms with E-state index in [0.29, 0.717) is 6.42 Å². The van der Waals surface area contributed by atoms with Gasteiger partial charge < -0.3 is 15.8 Å². The molecule has 0 bridgehead atoms. The van der Waals surface area contributed by atoms with Crippen molar-refractivity contribution in [1.29, 1.82) is 0 Å². The van der Waals surface area contributed by atoms with E-state index >= 15 is 0 Å². The van der Waals surface area contributed by atoms with Crippen LogP contribution in [-0.4, -0.2) is 31.6 Å². The van der Waals surface area contributed by atoms with E-state index in [9.17, 15) is 9.59 Å². The lowest BCUT2D eigenvalue weighted by Crippen LogP contribution is -2.38. The molecule has 1 saturated carbocycles. The molecule has 1 fully saturated rings. The van der Waals surface area contributed by atoms with Crippen LogP contribution < -0.4 is 11.1 Å². The maximum absolute atomic E-state index is 11.5. The number of carbonyl (C=O) groups excluding carboxylic acids is 2. The standard InChI is InChI=1S/C11H20N2O3/c1-16-11(15)7-13-10(14)6-8-4-2-3-5-9(8)12/h8-9H,2-7,12H2,1H3,(H,13,14). The van der Waals surface area contributed by atoms with Crippen molar-refractivity contribution in [3.8, 4) is 0 Å². The molecule has 0 aromatic heterocycles. The number of hydrogen-bond donors (Lipinski definition) is 2. The summed E-state index contributed by atoms with van der Waals surface area (Å²) in [6.45, 7) is -0.0582. The van der Waals surface area contributed by atoms with Crippen LogP contribution in [0.2, 0.25) is 0 Å². The molecule has 2 atom stereocenters. The topological polar surface area (TPSA) is 81.4 Å². The Morgan fingerprint density at radius 1 is 1.38 bits per heavy atom. The van der Waals surface area contributed by atoms with Gasteiger partial charge in [0.2, 0.25) is 5.91 Å². The molecule has 92 valence electrons. The summed E-state index contributed by atoms with van der Waals surface area (Å²) < 4.78 is 4.43. The number of esters is 1. The van der Waals surface area contributed by atoms with Crippen molar-refractivity contribution in [2.75, 3.05) is 13.7 Å². The largest absolute Gasteiger partial charge is 0.468 e. The summed E-state index contributed by atoms with van der Waals surface area (Å²) in [4.78, 5) is 22.3. The van der Waals surface area contributed by atoms with Crippen LogP contribution in [0.4, 0.5) is 0 Å². The summed E-state index contributed by atoms with van der Waals surface area (Å²) in [6.07, 6.45) is 4.71. The van der Waals surface area contributed by atoms with E-state index in [2.05, 4.69) is 10.1 Å². The first kappa shape index (κ1) is 13.0. The number of amides is 1. The van der Waals surface area contributed by atoms with E-state index in [1.165, 1.54) is 7.11 Å². The van der Waals surface area contributed by atoms with Crippen LogP contribution in [0.3, 0.4) is 0 Å². The average Bonchev–Trinajstić information content (AvgIpc) is 2.29. The molecule has 0 radical (unpaired) electrons. The molecule has 2 unspecified atom stereocenters. The maximum Gasteiger partial charge on any atom is 0.325 e. The van der Waals surface area contributed by atoms with Crippen molar-refractivity contribution in [3.05, 3.63) is 0 Å². The third kappa shape index (κ3) is 4.18. The summed E-state index contributed by atoms with van der Waals surface area (Å²) in [7, 11) is 1.30. The van der Waals surface area contributed by atoms with E-state index in [0.717, 1.165) is 25.7 Å². The summed E-state index contributed by atoms with van der Waals surface area (Å²) in [6, 6.07) is 0.123. The van der Waals surface area contributed by atoms with Gasteiger partial charge in [-0.05, 0) is 18.8 Å². The fourth-order valence-corrected chi connectivity index (χ4v) is 2.04. The number of carbonyl (C=O) groups is 2. The molecule has 1 amide bonds. The zero-order chi connectivity index (χ0) is 12.0. The van der Waals surface area contributed by atoms with Crippen LogP contribution in [0.5, 0.6) is 0 Å². The highest BCUT2D eigenvalue weighted by Gasteiger charge is 2.24.